The van der Waals surface area contributed by atoms with Gasteiger partial charge in [-0.05, 0) is 35.8 Å². The number of rotatable bonds is 8. The number of ether oxygens (including phenoxy) is 2. The molecule has 34 heavy (non-hydrogen) atoms. The monoisotopic (exact) mass is 455 g/mol. The van der Waals surface area contributed by atoms with Crippen molar-refractivity contribution in [2.24, 2.45) is 11.3 Å². The zero-order chi connectivity index (χ0) is 23.0. The van der Waals surface area contributed by atoms with Crippen molar-refractivity contribution in [2.75, 3.05) is 12.3 Å². The number of aromatic nitrogens is 4. The van der Waals surface area contributed by atoms with Crippen molar-refractivity contribution in [3.05, 3.63) is 84.4 Å². The van der Waals surface area contributed by atoms with Crippen LogP contribution in [0.15, 0.2) is 73.3 Å². The van der Waals surface area contributed by atoms with Crippen molar-refractivity contribution in [3.63, 3.8) is 0 Å². The molecule has 0 saturated heterocycles. The molecule has 2 aliphatic rings. The summed E-state index contributed by atoms with van der Waals surface area (Å²) in [5.74, 6) is 0.729. The van der Waals surface area contributed by atoms with Crippen LogP contribution in [-0.4, -0.2) is 32.2 Å². The average molecular weight is 456 g/mol. The molecule has 3 atom stereocenters. The molecule has 2 saturated carbocycles. The van der Waals surface area contributed by atoms with Crippen LogP contribution in [0.2, 0.25) is 0 Å². The fourth-order valence-electron chi connectivity index (χ4n) is 5.69. The number of hydrogen-bond acceptors (Lipinski definition) is 6. The Kier molecular flexibility index (Phi) is 5.51. The van der Waals surface area contributed by atoms with Gasteiger partial charge >= 0.3 is 0 Å². The lowest BCUT2D eigenvalue weighted by molar-refractivity contribution is -0.0327. The molecule has 2 aliphatic carbocycles. The Morgan fingerprint density at radius 2 is 1.62 bits per heavy atom. The number of imidazole rings is 1. The summed E-state index contributed by atoms with van der Waals surface area (Å²) >= 11 is 0. The highest BCUT2D eigenvalue weighted by Crippen LogP contribution is 2.67. The minimum atomic E-state index is 0.0973. The van der Waals surface area contributed by atoms with Gasteiger partial charge in [0.1, 0.15) is 11.8 Å². The van der Waals surface area contributed by atoms with Gasteiger partial charge in [-0.2, -0.15) is 0 Å². The maximum Gasteiger partial charge on any atom is 0.165 e. The van der Waals surface area contributed by atoms with E-state index in [1.165, 1.54) is 17.5 Å². The largest absolute Gasteiger partial charge is 0.382 e. The summed E-state index contributed by atoms with van der Waals surface area (Å²) < 4.78 is 15.1. The molecule has 2 N–H and O–H groups in total. The van der Waals surface area contributed by atoms with E-state index in [4.69, 9.17) is 15.2 Å². The highest BCUT2D eigenvalue weighted by Gasteiger charge is 2.63. The molecule has 0 bridgehead atoms. The Balaban J connectivity index is 1.26. The van der Waals surface area contributed by atoms with Crippen molar-refractivity contribution in [1.82, 2.24) is 19.5 Å². The molecule has 4 aromatic rings. The number of benzene rings is 2. The second-order valence-electron chi connectivity index (χ2n) is 9.51. The number of anilines is 1. The van der Waals surface area contributed by atoms with Gasteiger partial charge < -0.3 is 19.8 Å². The summed E-state index contributed by atoms with van der Waals surface area (Å²) in [5, 5.41) is 0. The summed E-state index contributed by atoms with van der Waals surface area (Å²) in [6.45, 7) is 1.89. The fourth-order valence-corrected chi connectivity index (χ4v) is 5.69. The highest BCUT2D eigenvalue weighted by molar-refractivity contribution is 5.81. The maximum atomic E-state index is 6.57. The summed E-state index contributed by atoms with van der Waals surface area (Å²) in [6.07, 6.45) is 6.71. The van der Waals surface area contributed by atoms with Crippen molar-refractivity contribution in [3.8, 4) is 0 Å². The molecular weight excluding hydrogens is 426 g/mol. The third kappa shape index (κ3) is 3.85. The molecule has 1 spiro atoms. The maximum absolute atomic E-state index is 6.57. The minimum absolute atomic E-state index is 0.0973. The quantitative estimate of drug-likeness (QED) is 0.419. The summed E-state index contributed by atoms with van der Waals surface area (Å²) in [4.78, 5) is 13.2. The number of nitrogens with zero attached hydrogens (tertiary/aromatic N) is 4. The zero-order valence-corrected chi connectivity index (χ0v) is 19.1. The van der Waals surface area contributed by atoms with Crippen LogP contribution in [0, 0.1) is 11.3 Å². The van der Waals surface area contributed by atoms with E-state index in [1.54, 1.807) is 0 Å². The van der Waals surface area contributed by atoms with Gasteiger partial charge in [-0.1, -0.05) is 60.7 Å². The van der Waals surface area contributed by atoms with E-state index in [9.17, 15) is 0 Å². The fraction of sp³-hybridized carbons (Fsp3) is 0.370. The Morgan fingerprint density at radius 3 is 2.32 bits per heavy atom. The highest BCUT2D eigenvalue weighted by atomic mass is 16.5. The Bertz CT molecular complexity index is 1260. The third-order valence-electron chi connectivity index (χ3n) is 7.57. The molecular formula is C27H29N5O2. The molecule has 2 fully saturated rings. The number of nitrogens with two attached hydrogens (primary N) is 1. The first-order valence-corrected chi connectivity index (χ1v) is 11.9. The van der Waals surface area contributed by atoms with Gasteiger partial charge in [0.05, 0.1) is 32.3 Å². The van der Waals surface area contributed by atoms with Gasteiger partial charge in [0.25, 0.3) is 0 Å². The molecule has 174 valence electrons. The van der Waals surface area contributed by atoms with Crippen LogP contribution >= 0.6 is 0 Å². The normalized spacial score (nSPS) is 23.0. The Hall–Kier alpha value is -3.29. The molecule has 0 radical (unpaired) electrons. The molecule has 2 aromatic heterocycles. The molecule has 0 amide bonds. The zero-order valence-electron chi connectivity index (χ0n) is 19.1. The molecule has 0 unspecified atom stereocenters. The Morgan fingerprint density at radius 1 is 0.912 bits per heavy atom. The summed E-state index contributed by atoms with van der Waals surface area (Å²) in [6, 6.07) is 21.0. The van der Waals surface area contributed by atoms with Gasteiger partial charge in [-0.3, -0.25) is 0 Å². The van der Waals surface area contributed by atoms with Crippen molar-refractivity contribution < 1.29 is 9.47 Å². The first-order valence-electron chi connectivity index (χ1n) is 11.9. The van der Waals surface area contributed by atoms with Crippen LogP contribution in [0.3, 0.4) is 0 Å². The van der Waals surface area contributed by atoms with Crippen LogP contribution in [0.1, 0.15) is 36.4 Å². The van der Waals surface area contributed by atoms with E-state index in [2.05, 4.69) is 68.0 Å². The van der Waals surface area contributed by atoms with Gasteiger partial charge in [-0.25, -0.2) is 15.0 Å². The smallest absolute Gasteiger partial charge is 0.165 e. The second-order valence-corrected chi connectivity index (χ2v) is 9.51. The van der Waals surface area contributed by atoms with E-state index in [0.29, 0.717) is 37.1 Å². The lowest BCUT2D eigenvalue weighted by Gasteiger charge is -2.27. The average Bonchev–Trinajstić information content (AvgIpc) is 3.46. The summed E-state index contributed by atoms with van der Waals surface area (Å²) in [5.41, 5.74) is 10.0. The van der Waals surface area contributed by atoms with Gasteiger partial charge in [0.2, 0.25) is 0 Å². The van der Waals surface area contributed by atoms with E-state index < -0.39 is 0 Å². The van der Waals surface area contributed by atoms with Gasteiger partial charge in [-0.15, -0.1) is 0 Å². The standard InChI is InChI=1S/C27H29N5O2/c28-25-24-26(30-17-29-25)32(18-31-24)23-13-22(34-15-20-9-5-2-6-10-20)21(27(23)11-12-27)16-33-14-19-7-3-1-4-8-19/h1-10,17-18,21-23H,11-16H2,(H2,28,29,30)/t21-,22+,23+/m1/s1. The van der Waals surface area contributed by atoms with Gasteiger partial charge in [0.15, 0.2) is 11.5 Å². The first-order chi connectivity index (χ1) is 16.7. The lowest BCUT2D eigenvalue weighted by atomic mass is 9.89. The van der Waals surface area contributed by atoms with E-state index in [-0.39, 0.29) is 17.6 Å². The van der Waals surface area contributed by atoms with E-state index in [0.717, 1.165) is 24.9 Å². The van der Waals surface area contributed by atoms with Crippen LogP contribution < -0.4 is 5.73 Å². The molecule has 6 rings (SSSR count). The molecule has 7 heteroatoms. The van der Waals surface area contributed by atoms with Crippen LogP contribution in [-0.2, 0) is 22.7 Å². The van der Waals surface area contributed by atoms with Crippen molar-refractivity contribution >= 4 is 17.0 Å². The SMILES string of the molecule is Nc1ncnc2c1ncn2[C@H]1C[C@H](OCc2ccccc2)[C@@H](COCc2ccccc2)C12CC2. The third-order valence-corrected chi connectivity index (χ3v) is 7.57. The van der Waals surface area contributed by atoms with E-state index >= 15 is 0 Å². The lowest BCUT2D eigenvalue weighted by Crippen LogP contribution is -2.29. The van der Waals surface area contributed by atoms with Crippen LogP contribution in [0.4, 0.5) is 5.82 Å². The Labute approximate surface area is 199 Å². The van der Waals surface area contributed by atoms with E-state index in [1.807, 2.05) is 18.5 Å². The molecule has 2 heterocycles. The minimum Gasteiger partial charge on any atom is -0.382 e. The second kappa shape index (κ2) is 8.81. The number of hydrogen-bond donors (Lipinski definition) is 1. The summed E-state index contributed by atoms with van der Waals surface area (Å²) in [7, 11) is 0. The molecule has 7 nitrogen and oxygen atoms in total. The van der Waals surface area contributed by atoms with Crippen molar-refractivity contribution in [2.45, 2.75) is 44.6 Å². The first kappa shape index (κ1) is 21.3. The predicted octanol–water partition coefficient (Wildman–Crippen LogP) is 4.55. The number of nitrogen functional groups attached to an aromatic ring is 1. The van der Waals surface area contributed by atoms with Crippen LogP contribution in [0.5, 0.6) is 0 Å². The van der Waals surface area contributed by atoms with Gasteiger partial charge in [0, 0.05) is 12.0 Å². The molecule has 0 aliphatic heterocycles. The van der Waals surface area contributed by atoms with Crippen LogP contribution in [0.25, 0.3) is 11.2 Å². The number of fused-ring (bicyclic) bond motifs is 1. The molecule has 2 aromatic carbocycles. The van der Waals surface area contributed by atoms with Crippen molar-refractivity contribution in [1.29, 1.82) is 0 Å². The topological polar surface area (TPSA) is 88.1 Å². The predicted molar refractivity (Wildman–Crippen MR) is 130 cm³/mol.